The van der Waals surface area contributed by atoms with Gasteiger partial charge in [0.25, 0.3) is 0 Å². The van der Waals surface area contributed by atoms with Crippen LogP contribution < -0.4 is 5.32 Å². The third-order valence-corrected chi connectivity index (χ3v) is 4.22. The van der Waals surface area contributed by atoms with Crippen molar-refractivity contribution in [2.75, 3.05) is 6.54 Å². The molecule has 2 saturated carbocycles. The third kappa shape index (κ3) is 1.97. The average molecular weight is 229 g/mol. The maximum Gasteiger partial charge on any atom is 0.230 e. The van der Waals surface area contributed by atoms with Crippen molar-refractivity contribution in [1.82, 2.24) is 5.32 Å². The third-order valence-electron chi connectivity index (χ3n) is 4.22. The van der Waals surface area contributed by atoms with Crippen LogP contribution in [0.2, 0.25) is 0 Å². The van der Waals surface area contributed by atoms with Gasteiger partial charge in [-0.1, -0.05) is 36.8 Å². The minimum absolute atomic E-state index is 0.212. The van der Waals surface area contributed by atoms with Crippen molar-refractivity contribution in [3.8, 4) is 0 Å². The standard InChI is InChI=1S/C15H19NO/c17-14(16-11-12-7-8-12)15(9-4-10-15)13-5-2-1-3-6-13/h1-3,5-6,12H,4,7-11H2,(H,16,17). The summed E-state index contributed by atoms with van der Waals surface area (Å²) < 4.78 is 0. The number of hydrogen-bond acceptors (Lipinski definition) is 1. The van der Waals surface area contributed by atoms with Crippen molar-refractivity contribution in [3.63, 3.8) is 0 Å². The Balaban J connectivity index is 1.74. The zero-order valence-electron chi connectivity index (χ0n) is 10.1. The Kier molecular flexibility index (Phi) is 2.65. The molecular formula is C15H19NO. The van der Waals surface area contributed by atoms with E-state index in [1.807, 2.05) is 18.2 Å². The maximum atomic E-state index is 12.4. The Morgan fingerprint density at radius 1 is 1.24 bits per heavy atom. The number of benzene rings is 1. The first kappa shape index (κ1) is 10.8. The molecule has 0 saturated heterocycles. The molecule has 3 rings (SSSR count). The number of carbonyl (C=O) groups is 1. The van der Waals surface area contributed by atoms with Crippen LogP contribution in [-0.4, -0.2) is 12.5 Å². The normalized spacial score (nSPS) is 21.6. The predicted molar refractivity (Wildman–Crippen MR) is 67.7 cm³/mol. The lowest BCUT2D eigenvalue weighted by Gasteiger charge is -2.40. The van der Waals surface area contributed by atoms with Gasteiger partial charge in [-0.25, -0.2) is 0 Å². The molecule has 0 radical (unpaired) electrons. The van der Waals surface area contributed by atoms with E-state index in [0.29, 0.717) is 0 Å². The SMILES string of the molecule is O=C(NCC1CC1)C1(c2ccccc2)CCC1. The summed E-state index contributed by atoms with van der Waals surface area (Å²) >= 11 is 0. The van der Waals surface area contributed by atoms with E-state index >= 15 is 0 Å². The molecule has 1 aromatic carbocycles. The van der Waals surface area contributed by atoms with Crippen LogP contribution in [0.5, 0.6) is 0 Å². The van der Waals surface area contributed by atoms with Gasteiger partial charge in [0.05, 0.1) is 5.41 Å². The molecule has 0 aromatic heterocycles. The first-order valence-electron chi connectivity index (χ1n) is 6.65. The number of rotatable bonds is 4. The van der Waals surface area contributed by atoms with Gasteiger partial charge in [-0.15, -0.1) is 0 Å². The highest BCUT2D eigenvalue weighted by Crippen LogP contribution is 2.44. The maximum absolute atomic E-state index is 12.4. The van der Waals surface area contributed by atoms with E-state index in [2.05, 4.69) is 17.4 Å². The molecule has 2 heteroatoms. The summed E-state index contributed by atoms with van der Waals surface area (Å²) in [5.41, 5.74) is 0.982. The van der Waals surface area contributed by atoms with Crippen LogP contribution >= 0.6 is 0 Å². The zero-order valence-corrected chi connectivity index (χ0v) is 10.1. The van der Waals surface area contributed by atoms with Crippen LogP contribution in [0.3, 0.4) is 0 Å². The van der Waals surface area contributed by atoms with E-state index in [1.165, 1.54) is 24.8 Å². The molecule has 0 aliphatic heterocycles. The second kappa shape index (κ2) is 4.17. The van der Waals surface area contributed by atoms with Gasteiger partial charge in [-0.2, -0.15) is 0 Å². The van der Waals surface area contributed by atoms with Gasteiger partial charge in [-0.05, 0) is 37.2 Å². The number of nitrogens with one attached hydrogen (secondary N) is 1. The molecule has 90 valence electrons. The molecule has 2 nitrogen and oxygen atoms in total. The molecule has 17 heavy (non-hydrogen) atoms. The van der Waals surface area contributed by atoms with Crippen LogP contribution in [0.4, 0.5) is 0 Å². The first-order valence-corrected chi connectivity index (χ1v) is 6.65. The summed E-state index contributed by atoms with van der Waals surface area (Å²) in [5, 5.41) is 3.15. The fourth-order valence-corrected chi connectivity index (χ4v) is 2.66. The van der Waals surface area contributed by atoms with Crippen molar-refractivity contribution in [1.29, 1.82) is 0 Å². The van der Waals surface area contributed by atoms with E-state index in [9.17, 15) is 4.79 Å². The van der Waals surface area contributed by atoms with Gasteiger partial charge in [0.2, 0.25) is 5.91 Å². The molecule has 2 aliphatic rings. The molecule has 1 N–H and O–H groups in total. The molecule has 0 atom stereocenters. The van der Waals surface area contributed by atoms with Crippen LogP contribution in [0, 0.1) is 5.92 Å². The Morgan fingerprint density at radius 2 is 1.94 bits per heavy atom. The van der Waals surface area contributed by atoms with Gasteiger partial charge < -0.3 is 5.32 Å². The van der Waals surface area contributed by atoms with Gasteiger partial charge in [-0.3, -0.25) is 4.79 Å². The molecular weight excluding hydrogens is 210 g/mol. The van der Waals surface area contributed by atoms with Gasteiger partial charge in [0.15, 0.2) is 0 Å². The molecule has 0 heterocycles. The van der Waals surface area contributed by atoms with Crippen LogP contribution in [0.1, 0.15) is 37.7 Å². The summed E-state index contributed by atoms with van der Waals surface area (Å²) in [6, 6.07) is 10.3. The number of hydrogen-bond donors (Lipinski definition) is 1. The van der Waals surface area contributed by atoms with Crippen molar-refractivity contribution < 1.29 is 4.79 Å². The van der Waals surface area contributed by atoms with Crippen LogP contribution in [0.15, 0.2) is 30.3 Å². The van der Waals surface area contributed by atoms with Gasteiger partial charge in [0, 0.05) is 6.54 Å². The summed E-state index contributed by atoms with van der Waals surface area (Å²) in [6.45, 7) is 0.882. The lowest BCUT2D eigenvalue weighted by atomic mass is 9.64. The fraction of sp³-hybridized carbons (Fsp3) is 0.533. The first-order chi connectivity index (χ1) is 8.31. The summed E-state index contributed by atoms with van der Waals surface area (Å²) in [6.07, 6.45) is 5.77. The monoisotopic (exact) mass is 229 g/mol. The largest absolute Gasteiger partial charge is 0.355 e. The minimum atomic E-state index is -0.212. The van der Waals surface area contributed by atoms with E-state index < -0.39 is 0 Å². The highest BCUT2D eigenvalue weighted by molar-refractivity contribution is 5.89. The van der Waals surface area contributed by atoms with Gasteiger partial charge >= 0.3 is 0 Å². The molecule has 2 fully saturated rings. The Morgan fingerprint density at radius 3 is 2.47 bits per heavy atom. The molecule has 0 bridgehead atoms. The Labute approximate surface area is 102 Å². The molecule has 0 spiro atoms. The topological polar surface area (TPSA) is 29.1 Å². The molecule has 1 amide bonds. The summed E-state index contributed by atoms with van der Waals surface area (Å²) in [4.78, 5) is 12.4. The van der Waals surface area contributed by atoms with Crippen LogP contribution in [0.25, 0.3) is 0 Å². The zero-order chi connectivity index (χ0) is 11.7. The quantitative estimate of drug-likeness (QED) is 0.845. The lowest BCUT2D eigenvalue weighted by Crippen LogP contribution is -2.49. The highest BCUT2D eigenvalue weighted by atomic mass is 16.2. The highest BCUT2D eigenvalue weighted by Gasteiger charge is 2.45. The second-order valence-corrected chi connectivity index (χ2v) is 5.46. The summed E-state index contributed by atoms with van der Waals surface area (Å²) in [5.74, 6) is 1.01. The Hall–Kier alpha value is -1.31. The average Bonchev–Trinajstić information content (AvgIpc) is 3.10. The van der Waals surface area contributed by atoms with E-state index in [0.717, 1.165) is 25.3 Å². The van der Waals surface area contributed by atoms with Gasteiger partial charge in [0.1, 0.15) is 0 Å². The predicted octanol–water partition coefficient (Wildman–Crippen LogP) is 2.63. The lowest BCUT2D eigenvalue weighted by molar-refractivity contribution is -0.130. The second-order valence-electron chi connectivity index (χ2n) is 5.46. The van der Waals surface area contributed by atoms with Crippen molar-refractivity contribution in [3.05, 3.63) is 35.9 Å². The number of amides is 1. The smallest absolute Gasteiger partial charge is 0.230 e. The fourth-order valence-electron chi connectivity index (χ4n) is 2.66. The van der Waals surface area contributed by atoms with E-state index in [1.54, 1.807) is 0 Å². The summed E-state index contributed by atoms with van der Waals surface area (Å²) in [7, 11) is 0. The van der Waals surface area contributed by atoms with Crippen molar-refractivity contribution in [2.45, 2.75) is 37.5 Å². The molecule has 2 aliphatic carbocycles. The van der Waals surface area contributed by atoms with Crippen molar-refractivity contribution in [2.24, 2.45) is 5.92 Å². The molecule has 1 aromatic rings. The van der Waals surface area contributed by atoms with Crippen molar-refractivity contribution >= 4 is 5.91 Å². The molecule has 0 unspecified atom stereocenters. The van der Waals surface area contributed by atoms with E-state index in [-0.39, 0.29) is 11.3 Å². The van der Waals surface area contributed by atoms with E-state index in [4.69, 9.17) is 0 Å². The minimum Gasteiger partial charge on any atom is -0.355 e. The van der Waals surface area contributed by atoms with Crippen LogP contribution in [-0.2, 0) is 10.2 Å². The Bertz CT molecular complexity index is 404. The number of carbonyl (C=O) groups excluding carboxylic acids is 1.